The first-order valence-corrected chi connectivity index (χ1v) is 5.45. The van der Waals surface area contributed by atoms with Crippen molar-refractivity contribution in [2.24, 2.45) is 0 Å². The van der Waals surface area contributed by atoms with Crippen molar-refractivity contribution in [1.82, 2.24) is 10.5 Å². The number of nitrogens with zero attached hydrogens (tertiary/aromatic N) is 1. The molecule has 2 heterocycles. The van der Waals surface area contributed by atoms with E-state index in [0.29, 0.717) is 0 Å². The minimum Gasteiger partial charge on any atom is -0.461 e. The molecule has 0 radical (unpaired) electrons. The summed E-state index contributed by atoms with van der Waals surface area (Å²) in [6.45, 7) is 1.73. The van der Waals surface area contributed by atoms with Gasteiger partial charge in [0, 0.05) is 18.5 Å². The van der Waals surface area contributed by atoms with Crippen LogP contribution in [0.2, 0.25) is 0 Å². The smallest absolute Gasteiger partial charge is 0.273 e. The molecule has 0 fully saturated rings. The van der Waals surface area contributed by atoms with Gasteiger partial charge in [0.2, 0.25) is 0 Å². The van der Waals surface area contributed by atoms with Crippen LogP contribution in [0.3, 0.4) is 0 Å². The van der Waals surface area contributed by atoms with Gasteiger partial charge in [0.25, 0.3) is 5.91 Å². The summed E-state index contributed by atoms with van der Waals surface area (Å²) in [5, 5.41) is 6.16. The number of ketones is 1. The number of amides is 1. The summed E-state index contributed by atoms with van der Waals surface area (Å²) in [5.41, 5.74) is 0.187. The van der Waals surface area contributed by atoms with E-state index in [-0.39, 0.29) is 35.6 Å². The second-order valence-electron chi connectivity index (χ2n) is 3.86. The van der Waals surface area contributed by atoms with E-state index in [1.165, 1.54) is 18.6 Å². The quantitative estimate of drug-likeness (QED) is 0.813. The van der Waals surface area contributed by atoms with E-state index in [2.05, 4.69) is 15.0 Å². The average molecular weight is 248 g/mol. The normalized spacial score (nSPS) is 12.1. The number of rotatable bonds is 5. The van der Waals surface area contributed by atoms with Crippen molar-refractivity contribution < 1.29 is 18.5 Å². The zero-order valence-corrected chi connectivity index (χ0v) is 9.75. The lowest BCUT2D eigenvalue weighted by atomic mass is 10.1. The molecule has 2 rings (SSSR count). The molecule has 0 spiro atoms. The summed E-state index contributed by atoms with van der Waals surface area (Å²) < 4.78 is 9.55. The summed E-state index contributed by atoms with van der Waals surface area (Å²) in [4.78, 5) is 23.3. The third-order valence-corrected chi connectivity index (χ3v) is 2.34. The zero-order chi connectivity index (χ0) is 13.0. The van der Waals surface area contributed by atoms with Gasteiger partial charge in [-0.25, -0.2) is 0 Å². The van der Waals surface area contributed by atoms with Crippen LogP contribution in [0.25, 0.3) is 0 Å². The highest BCUT2D eigenvalue weighted by atomic mass is 16.5. The van der Waals surface area contributed by atoms with Gasteiger partial charge in [-0.2, -0.15) is 0 Å². The first-order chi connectivity index (χ1) is 8.66. The molecule has 0 aliphatic rings. The molecule has 6 nitrogen and oxygen atoms in total. The van der Waals surface area contributed by atoms with Gasteiger partial charge in [0.15, 0.2) is 17.2 Å². The van der Waals surface area contributed by atoms with Crippen molar-refractivity contribution in [3.8, 4) is 0 Å². The van der Waals surface area contributed by atoms with E-state index >= 15 is 0 Å². The topological polar surface area (TPSA) is 85.3 Å². The molecule has 0 saturated carbocycles. The first kappa shape index (κ1) is 12.1. The van der Waals surface area contributed by atoms with Gasteiger partial charge in [-0.3, -0.25) is 9.59 Å². The summed E-state index contributed by atoms with van der Waals surface area (Å²) in [6, 6.07) is 4.38. The second kappa shape index (κ2) is 5.31. The van der Waals surface area contributed by atoms with Gasteiger partial charge < -0.3 is 14.3 Å². The fourth-order valence-electron chi connectivity index (χ4n) is 1.49. The standard InChI is InChI=1S/C12H12N2O4/c1-8(7-10(15)11-3-2-5-17-11)13-12(16)9-4-6-18-14-9/h2-6,8H,7H2,1H3,(H,13,16)/t8-/m1/s1. The highest BCUT2D eigenvalue weighted by Crippen LogP contribution is 2.06. The molecule has 1 amide bonds. The maximum Gasteiger partial charge on any atom is 0.273 e. The van der Waals surface area contributed by atoms with E-state index in [1.807, 2.05) is 0 Å². The fourth-order valence-corrected chi connectivity index (χ4v) is 1.49. The molecule has 6 heteroatoms. The number of hydrogen-bond donors (Lipinski definition) is 1. The van der Waals surface area contributed by atoms with Crippen molar-refractivity contribution >= 4 is 11.7 Å². The molecular formula is C12H12N2O4. The van der Waals surface area contributed by atoms with Crippen LogP contribution in [0, 0.1) is 0 Å². The lowest BCUT2D eigenvalue weighted by Crippen LogP contribution is -2.34. The van der Waals surface area contributed by atoms with Gasteiger partial charge in [0.1, 0.15) is 6.26 Å². The SMILES string of the molecule is C[C@H](CC(=O)c1ccco1)NC(=O)c1ccon1. The van der Waals surface area contributed by atoms with Gasteiger partial charge >= 0.3 is 0 Å². The van der Waals surface area contributed by atoms with Crippen LogP contribution < -0.4 is 5.32 Å². The molecular weight excluding hydrogens is 236 g/mol. The number of furan rings is 1. The number of aromatic nitrogens is 1. The van der Waals surface area contributed by atoms with Crippen molar-refractivity contribution in [2.45, 2.75) is 19.4 Å². The largest absolute Gasteiger partial charge is 0.461 e. The molecule has 0 aliphatic heterocycles. The molecule has 2 aromatic heterocycles. The summed E-state index contributed by atoms with van der Waals surface area (Å²) >= 11 is 0. The molecule has 94 valence electrons. The predicted molar refractivity (Wildman–Crippen MR) is 61.1 cm³/mol. The maximum absolute atomic E-state index is 11.7. The van der Waals surface area contributed by atoms with E-state index in [9.17, 15) is 9.59 Å². The van der Waals surface area contributed by atoms with E-state index < -0.39 is 0 Å². The molecule has 0 aliphatic carbocycles. The molecule has 1 atom stereocenters. The Balaban J connectivity index is 1.87. The molecule has 18 heavy (non-hydrogen) atoms. The summed E-state index contributed by atoms with van der Waals surface area (Å²) in [5.74, 6) is -0.242. The summed E-state index contributed by atoms with van der Waals surface area (Å²) in [7, 11) is 0. The van der Waals surface area contributed by atoms with Crippen LogP contribution in [0.5, 0.6) is 0 Å². The number of carbonyl (C=O) groups is 2. The van der Waals surface area contributed by atoms with Crippen molar-refractivity contribution in [2.75, 3.05) is 0 Å². The van der Waals surface area contributed by atoms with Crippen LogP contribution >= 0.6 is 0 Å². The first-order valence-electron chi connectivity index (χ1n) is 5.45. The number of Topliss-reactive ketones (excluding diaryl/α,β-unsaturated/α-hetero) is 1. The Morgan fingerprint density at radius 3 is 2.83 bits per heavy atom. The van der Waals surface area contributed by atoms with Crippen molar-refractivity contribution in [3.05, 3.63) is 42.2 Å². The molecule has 2 aromatic rings. The third kappa shape index (κ3) is 2.85. The van der Waals surface area contributed by atoms with Crippen molar-refractivity contribution in [3.63, 3.8) is 0 Å². The Morgan fingerprint density at radius 2 is 2.22 bits per heavy atom. The molecule has 0 aromatic carbocycles. The van der Waals surface area contributed by atoms with E-state index in [1.54, 1.807) is 19.1 Å². The monoisotopic (exact) mass is 248 g/mol. The van der Waals surface area contributed by atoms with Gasteiger partial charge in [-0.15, -0.1) is 0 Å². The predicted octanol–water partition coefficient (Wildman–Crippen LogP) is 1.66. The minimum atomic E-state index is -0.372. The zero-order valence-electron chi connectivity index (χ0n) is 9.75. The van der Waals surface area contributed by atoms with Crippen LogP contribution in [0.1, 0.15) is 34.4 Å². The highest BCUT2D eigenvalue weighted by Gasteiger charge is 2.17. The molecule has 1 N–H and O–H groups in total. The number of carbonyl (C=O) groups excluding carboxylic acids is 2. The van der Waals surface area contributed by atoms with Crippen molar-refractivity contribution in [1.29, 1.82) is 0 Å². The van der Waals surface area contributed by atoms with E-state index in [4.69, 9.17) is 4.42 Å². The van der Waals surface area contributed by atoms with E-state index in [0.717, 1.165) is 0 Å². The number of nitrogens with one attached hydrogen (secondary N) is 1. The number of hydrogen-bond acceptors (Lipinski definition) is 5. The molecule has 0 bridgehead atoms. The maximum atomic E-state index is 11.7. The average Bonchev–Trinajstić information content (AvgIpc) is 3.02. The molecule has 0 unspecified atom stereocenters. The van der Waals surface area contributed by atoms with Gasteiger partial charge in [-0.05, 0) is 19.1 Å². The Morgan fingerprint density at radius 1 is 1.39 bits per heavy atom. The Bertz CT molecular complexity index is 468. The van der Waals surface area contributed by atoms with Gasteiger partial charge in [-0.1, -0.05) is 5.16 Å². The Kier molecular flexibility index (Phi) is 3.57. The minimum absolute atomic E-state index is 0.159. The summed E-state index contributed by atoms with van der Waals surface area (Å²) in [6.07, 6.45) is 2.91. The molecule has 0 saturated heterocycles. The lowest BCUT2D eigenvalue weighted by Gasteiger charge is -2.10. The fraction of sp³-hybridized carbons (Fsp3) is 0.250. The van der Waals surface area contributed by atoms with Gasteiger partial charge in [0.05, 0.1) is 6.26 Å². The highest BCUT2D eigenvalue weighted by molar-refractivity contribution is 5.95. The van der Waals surface area contributed by atoms with Crippen LogP contribution in [-0.4, -0.2) is 22.9 Å². The Labute approximate surface area is 103 Å². The Hall–Kier alpha value is -2.37. The van der Waals surface area contributed by atoms with Crippen LogP contribution in [0.4, 0.5) is 0 Å². The third-order valence-electron chi connectivity index (χ3n) is 2.34. The second-order valence-corrected chi connectivity index (χ2v) is 3.86. The lowest BCUT2D eigenvalue weighted by molar-refractivity contribution is 0.0901. The van der Waals surface area contributed by atoms with Crippen LogP contribution in [-0.2, 0) is 0 Å². The van der Waals surface area contributed by atoms with Crippen LogP contribution in [0.15, 0.2) is 39.7 Å².